The fourth-order valence-electron chi connectivity index (χ4n) is 1.80. The van der Waals surface area contributed by atoms with Gasteiger partial charge in [-0.1, -0.05) is 29.5 Å². The molecule has 0 unspecified atom stereocenters. The van der Waals surface area contributed by atoms with E-state index in [0.717, 1.165) is 28.2 Å². The number of carboxylic acids is 1. The first-order chi connectivity index (χ1) is 8.99. The van der Waals surface area contributed by atoms with Crippen LogP contribution < -0.4 is 10.5 Å². The summed E-state index contributed by atoms with van der Waals surface area (Å²) in [5.74, 6) is -0.278. The molecule has 0 aliphatic heterocycles. The molecule has 0 spiro atoms. The van der Waals surface area contributed by atoms with Gasteiger partial charge in [-0.2, -0.15) is 0 Å². The summed E-state index contributed by atoms with van der Waals surface area (Å²) in [4.78, 5) is 15.2. The molecular weight excluding hydrogens is 264 g/mol. The number of anilines is 1. The molecule has 3 N–H and O–H groups in total. The number of nitrogen functional groups attached to an aromatic ring is 1. The molecule has 1 heterocycles. The fourth-order valence-corrected chi connectivity index (χ4v) is 2.48. The molecule has 19 heavy (non-hydrogen) atoms. The van der Waals surface area contributed by atoms with E-state index >= 15 is 0 Å². The van der Waals surface area contributed by atoms with E-state index in [0.29, 0.717) is 5.69 Å². The number of benzene rings is 1. The zero-order chi connectivity index (χ0) is 14.0. The average Bonchev–Trinajstić information content (AvgIpc) is 2.70. The number of rotatable bonds is 4. The Morgan fingerprint density at radius 2 is 2.05 bits per heavy atom. The zero-order valence-corrected chi connectivity index (χ0v) is 11.5. The van der Waals surface area contributed by atoms with Gasteiger partial charge in [-0.3, -0.25) is 0 Å². The molecule has 1 aromatic heterocycles. The van der Waals surface area contributed by atoms with E-state index in [-0.39, 0.29) is 16.6 Å². The lowest BCUT2D eigenvalue weighted by atomic mass is 10.1. The Kier molecular flexibility index (Phi) is 3.71. The van der Waals surface area contributed by atoms with Gasteiger partial charge in [-0.15, -0.1) is 0 Å². The average molecular weight is 278 g/mol. The molecule has 0 atom stereocenters. The van der Waals surface area contributed by atoms with Crippen LogP contribution in [0.3, 0.4) is 0 Å². The molecule has 1 aromatic carbocycles. The van der Waals surface area contributed by atoms with Gasteiger partial charge < -0.3 is 15.6 Å². The lowest BCUT2D eigenvalue weighted by Crippen LogP contribution is -2.04. The SMILES string of the molecule is Cc1cccc(C)c1OCc1nc(N)sc1C(=O)O. The van der Waals surface area contributed by atoms with Crippen molar-refractivity contribution < 1.29 is 14.6 Å². The fraction of sp³-hybridized carbons (Fsp3) is 0.231. The number of carbonyl (C=O) groups is 1. The van der Waals surface area contributed by atoms with Gasteiger partial charge in [0.2, 0.25) is 0 Å². The van der Waals surface area contributed by atoms with Crippen LogP contribution >= 0.6 is 11.3 Å². The molecule has 2 aromatic rings. The molecule has 5 nitrogen and oxygen atoms in total. The van der Waals surface area contributed by atoms with Crippen LogP contribution in [-0.4, -0.2) is 16.1 Å². The Morgan fingerprint density at radius 3 is 2.63 bits per heavy atom. The van der Waals surface area contributed by atoms with E-state index in [1.165, 1.54) is 0 Å². The summed E-state index contributed by atoms with van der Waals surface area (Å²) < 4.78 is 5.68. The van der Waals surface area contributed by atoms with Crippen LogP contribution in [0, 0.1) is 13.8 Å². The van der Waals surface area contributed by atoms with Crippen molar-refractivity contribution in [3.63, 3.8) is 0 Å². The van der Waals surface area contributed by atoms with Crippen LogP contribution in [0.2, 0.25) is 0 Å². The topological polar surface area (TPSA) is 85.4 Å². The van der Waals surface area contributed by atoms with Gasteiger partial charge in [0.1, 0.15) is 22.9 Å². The summed E-state index contributed by atoms with van der Waals surface area (Å²) in [5, 5.41) is 9.28. The summed E-state index contributed by atoms with van der Waals surface area (Å²) in [5.41, 5.74) is 7.89. The number of para-hydroxylation sites is 1. The van der Waals surface area contributed by atoms with E-state index in [9.17, 15) is 4.79 Å². The van der Waals surface area contributed by atoms with Gasteiger partial charge in [0.15, 0.2) is 5.13 Å². The lowest BCUT2D eigenvalue weighted by Gasteiger charge is -2.11. The molecule has 0 radical (unpaired) electrons. The number of aromatic carboxylic acids is 1. The number of aryl methyl sites for hydroxylation is 2. The predicted molar refractivity (Wildman–Crippen MR) is 73.7 cm³/mol. The highest BCUT2D eigenvalue weighted by Gasteiger charge is 2.17. The summed E-state index contributed by atoms with van der Waals surface area (Å²) in [7, 11) is 0. The number of carboxylic acid groups (broad SMARTS) is 1. The molecule has 100 valence electrons. The lowest BCUT2D eigenvalue weighted by molar-refractivity contribution is 0.0699. The summed E-state index contributed by atoms with van der Waals surface area (Å²) >= 11 is 0.953. The Hall–Kier alpha value is -2.08. The predicted octanol–water partition coefficient (Wildman–Crippen LogP) is 2.62. The number of aromatic nitrogens is 1. The molecule has 0 aliphatic carbocycles. The van der Waals surface area contributed by atoms with Gasteiger partial charge in [0, 0.05) is 0 Å². The van der Waals surface area contributed by atoms with E-state index < -0.39 is 5.97 Å². The number of ether oxygens (including phenoxy) is 1. The molecule has 0 bridgehead atoms. The summed E-state index contributed by atoms with van der Waals surface area (Å²) in [6.45, 7) is 3.98. The van der Waals surface area contributed by atoms with Crippen LogP contribution in [0.4, 0.5) is 5.13 Å². The Morgan fingerprint density at radius 1 is 1.42 bits per heavy atom. The Labute approximate surface area is 114 Å². The number of thiazole rings is 1. The van der Waals surface area contributed by atoms with Crippen molar-refractivity contribution in [2.45, 2.75) is 20.5 Å². The monoisotopic (exact) mass is 278 g/mol. The van der Waals surface area contributed by atoms with Crippen LogP contribution in [0.1, 0.15) is 26.5 Å². The van der Waals surface area contributed by atoms with Crippen molar-refractivity contribution in [1.29, 1.82) is 0 Å². The van der Waals surface area contributed by atoms with Crippen molar-refractivity contribution in [2.75, 3.05) is 5.73 Å². The molecule has 0 saturated carbocycles. The third-order valence-corrected chi connectivity index (χ3v) is 3.58. The summed E-state index contributed by atoms with van der Waals surface area (Å²) in [6.07, 6.45) is 0. The minimum absolute atomic E-state index is 0.0982. The maximum absolute atomic E-state index is 11.0. The third kappa shape index (κ3) is 2.85. The molecule has 0 aliphatic rings. The molecule has 0 amide bonds. The smallest absolute Gasteiger partial charge is 0.348 e. The maximum atomic E-state index is 11.0. The molecule has 2 rings (SSSR count). The highest BCUT2D eigenvalue weighted by Crippen LogP contribution is 2.26. The van der Waals surface area contributed by atoms with Crippen LogP contribution in [0.5, 0.6) is 5.75 Å². The van der Waals surface area contributed by atoms with Gasteiger partial charge in [0.25, 0.3) is 0 Å². The molecule has 6 heteroatoms. The van der Waals surface area contributed by atoms with Crippen molar-refractivity contribution in [3.05, 3.63) is 39.9 Å². The first kappa shape index (κ1) is 13.4. The van der Waals surface area contributed by atoms with E-state index in [4.69, 9.17) is 15.6 Å². The molecule has 0 saturated heterocycles. The van der Waals surface area contributed by atoms with Crippen molar-refractivity contribution in [3.8, 4) is 5.75 Å². The standard InChI is InChI=1S/C13H14N2O3S/c1-7-4-3-5-8(2)10(7)18-6-9-11(12(16)17)19-13(14)15-9/h3-5H,6H2,1-2H3,(H2,14,15)(H,16,17). The van der Waals surface area contributed by atoms with Crippen LogP contribution in [-0.2, 0) is 6.61 Å². The number of nitrogens with zero attached hydrogens (tertiary/aromatic N) is 1. The normalized spacial score (nSPS) is 10.4. The van der Waals surface area contributed by atoms with Crippen molar-refractivity contribution in [1.82, 2.24) is 4.98 Å². The largest absolute Gasteiger partial charge is 0.487 e. The quantitative estimate of drug-likeness (QED) is 0.898. The minimum Gasteiger partial charge on any atom is -0.487 e. The second-order valence-corrected chi connectivity index (χ2v) is 5.17. The number of hydrogen-bond donors (Lipinski definition) is 2. The second kappa shape index (κ2) is 5.27. The number of hydrogen-bond acceptors (Lipinski definition) is 5. The summed E-state index contributed by atoms with van der Waals surface area (Å²) in [6, 6.07) is 5.83. The van der Waals surface area contributed by atoms with Crippen molar-refractivity contribution in [2.24, 2.45) is 0 Å². The van der Waals surface area contributed by atoms with E-state index in [2.05, 4.69) is 4.98 Å². The Bertz CT molecular complexity index is 602. The first-order valence-electron chi connectivity index (χ1n) is 5.66. The zero-order valence-electron chi connectivity index (χ0n) is 10.6. The van der Waals surface area contributed by atoms with Gasteiger partial charge in [-0.05, 0) is 25.0 Å². The van der Waals surface area contributed by atoms with Crippen LogP contribution in [0.25, 0.3) is 0 Å². The van der Waals surface area contributed by atoms with Crippen LogP contribution in [0.15, 0.2) is 18.2 Å². The van der Waals surface area contributed by atoms with E-state index in [1.807, 2.05) is 32.0 Å². The highest BCUT2D eigenvalue weighted by atomic mass is 32.1. The third-order valence-electron chi connectivity index (χ3n) is 2.67. The van der Waals surface area contributed by atoms with E-state index in [1.54, 1.807) is 0 Å². The maximum Gasteiger partial charge on any atom is 0.348 e. The first-order valence-corrected chi connectivity index (χ1v) is 6.48. The molecular formula is C13H14N2O3S. The van der Waals surface area contributed by atoms with Gasteiger partial charge >= 0.3 is 5.97 Å². The Balaban J connectivity index is 2.21. The van der Waals surface area contributed by atoms with Crippen molar-refractivity contribution >= 4 is 22.4 Å². The highest BCUT2D eigenvalue weighted by molar-refractivity contribution is 7.17. The van der Waals surface area contributed by atoms with Gasteiger partial charge in [0.05, 0.1) is 0 Å². The minimum atomic E-state index is -1.03. The molecule has 0 fully saturated rings. The second-order valence-electron chi connectivity index (χ2n) is 4.14. The number of nitrogens with two attached hydrogens (primary N) is 1. The van der Waals surface area contributed by atoms with Gasteiger partial charge in [-0.25, -0.2) is 9.78 Å².